The van der Waals surface area contributed by atoms with Crippen LogP contribution in [-0.2, 0) is 16.1 Å². The molecule has 2 aromatic rings. The van der Waals surface area contributed by atoms with E-state index in [1.165, 1.54) is 0 Å². The Morgan fingerprint density at radius 1 is 1.30 bits per heavy atom. The van der Waals surface area contributed by atoms with Crippen molar-refractivity contribution < 1.29 is 9.59 Å². The van der Waals surface area contributed by atoms with Crippen molar-refractivity contribution in [2.24, 2.45) is 11.7 Å². The molecule has 1 unspecified atom stereocenters. The zero-order valence-corrected chi connectivity index (χ0v) is 16.1. The first-order valence-electron chi connectivity index (χ1n) is 9.68. The predicted octanol–water partition coefficient (Wildman–Crippen LogP) is 1.52. The number of carbonyl (C=O) groups is 2. The smallest absolute Gasteiger partial charge is 0.237 e. The van der Waals surface area contributed by atoms with Gasteiger partial charge in [-0.05, 0) is 30.9 Å². The first-order chi connectivity index (χ1) is 13.0. The summed E-state index contributed by atoms with van der Waals surface area (Å²) in [5.41, 5.74) is 6.94. The van der Waals surface area contributed by atoms with Gasteiger partial charge in [0.05, 0.1) is 17.8 Å². The van der Waals surface area contributed by atoms with Crippen molar-refractivity contribution in [1.82, 2.24) is 19.8 Å². The van der Waals surface area contributed by atoms with E-state index in [1.54, 1.807) is 6.20 Å². The van der Waals surface area contributed by atoms with Gasteiger partial charge in [0, 0.05) is 49.9 Å². The Kier molecular flexibility index (Phi) is 6.11. The van der Waals surface area contributed by atoms with Crippen LogP contribution in [0.1, 0.15) is 33.1 Å². The Morgan fingerprint density at radius 3 is 2.74 bits per heavy atom. The number of aromatic nitrogens is 2. The molecule has 7 heteroatoms. The first kappa shape index (κ1) is 19.4. The third-order valence-corrected chi connectivity index (χ3v) is 5.36. The highest BCUT2D eigenvalue weighted by molar-refractivity contribution is 5.82. The van der Waals surface area contributed by atoms with Gasteiger partial charge >= 0.3 is 0 Å². The lowest BCUT2D eigenvalue weighted by atomic mass is 10.0. The zero-order valence-electron chi connectivity index (χ0n) is 16.1. The lowest BCUT2D eigenvalue weighted by Gasteiger charge is -2.33. The number of hydrogen-bond acceptors (Lipinski definition) is 4. The molecule has 7 nitrogen and oxygen atoms in total. The van der Waals surface area contributed by atoms with Crippen molar-refractivity contribution in [1.29, 1.82) is 0 Å². The molecule has 3 N–H and O–H groups in total. The normalized spacial score (nSPS) is 16.7. The fraction of sp³-hybridized carbons (Fsp3) is 0.550. The number of nitrogens with zero attached hydrogens (tertiary/aromatic N) is 3. The molecule has 0 aromatic carbocycles. The second-order valence-electron chi connectivity index (χ2n) is 7.63. The highest BCUT2D eigenvalue weighted by atomic mass is 16.2. The minimum absolute atomic E-state index is 0.0946. The summed E-state index contributed by atoms with van der Waals surface area (Å²) in [5, 5.41) is 4.15. The summed E-state index contributed by atoms with van der Waals surface area (Å²) in [6.07, 6.45) is 7.62. The van der Waals surface area contributed by atoms with Crippen molar-refractivity contribution in [3.8, 4) is 0 Å². The molecule has 0 spiro atoms. The van der Waals surface area contributed by atoms with Gasteiger partial charge in [0.15, 0.2) is 0 Å². The molecule has 27 heavy (non-hydrogen) atoms. The van der Waals surface area contributed by atoms with Crippen LogP contribution in [0.2, 0.25) is 0 Å². The number of fused-ring (bicyclic) bond motifs is 1. The Bertz CT molecular complexity index is 793. The topological polar surface area (TPSA) is 93.3 Å². The molecular formula is C20H29N5O2. The number of pyridine rings is 1. The quantitative estimate of drug-likeness (QED) is 0.805. The molecule has 2 aromatic heterocycles. The molecule has 3 heterocycles. The highest BCUT2D eigenvalue weighted by Crippen LogP contribution is 2.16. The van der Waals surface area contributed by atoms with Gasteiger partial charge in [0.25, 0.3) is 0 Å². The Balaban J connectivity index is 1.45. The summed E-state index contributed by atoms with van der Waals surface area (Å²) in [5.74, 6) is 0.180. The molecule has 1 atom stereocenters. The van der Waals surface area contributed by atoms with Gasteiger partial charge in [0.2, 0.25) is 11.8 Å². The summed E-state index contributed by atoms with van der Waals surface area (Å²) in [7, 11) is 0. The Labute approximate surface area is 159 Å². The molecular weight excluding hydrogens is 342 g/mol. The number of rotatable bonds is 6. The molecule has 0 radical (unpaired) electrons. The van der Waals surface area contributed by atoms with Gasteiger partial charge in [-0.15, -0.1) is 0 Å². The van der Waals surface area contributed by atoms with Crippen LogP contribution >= 0.6 is 0 Å². The summed E-state index contributed by atoms with van der Waals surface area (Å²) in [6.45, 7) is 5.88. The molecule has 146 valence electrons. The fourth-order valence-electron chi connectivity index (χ4n) is 3.47. The molecule has 0 aliphatic carbocycles. The van der Waals surface area contributed by atoms with Crippen LogP contribution in [-0.4, -0.2) is 51.4 Å². The standard InChI is InChI=1S/C20H29N5O2/c1-14(2)19(21)20(27)23-16-5-10-25(11-6-16)18(26)7-12-24-9-4-15-3-8-22-13-17(15)24/h3-4,8-9,13-14,16,19H,5-7,10-12,21H2,1-2H3,(H,23,27). The van der Waals surface area contributed by atoms with E-state index in [2.05, 4.69) is 14.9 Å². The average Bonchev–Trinajstić information content (AvgIpc) is 3.09. The van der Waals surface area contributed by atoms with E-state index < -0.39 is 6.04 Å². The van der Waals surface area contributed by atoms with Gasteiger partial charge in [-0.3, -0.25) is 14.6 Å². The maximum absolute atomic E-state index is 12.5. The first-order valence-corrected chi connectivity index (χ1v) is 9.68. The van der Waals surface area contributed by atoms with E-state index in [4.69, 9.17) is 5.73 Å². The van der Waals surface area contributed by atoms with Gasteiger partial charge < -0.3 is 20.5 Å². The number of amides is 2. The van der Waals surface area contributed by atoms with E-state index in [1.807, 2.05) is 43.3 Å². The van der Waals surface area contributed by atoms with Crippen LogP contribution in [0.3, 0.4) is 0 Å². The van der Waals surface area contributed by atoms with Gasteiger partial charge in [-0.25, -0.2) is 0 Å². The number of nitrogens with one attached hydrogen (secondary N) is 1. The summed E-state index contributed by atoms with van der Waals surface area (Å²) >= 11 is 0. The number of aryl methyl sites for hydroxylation is 1. The van der Waals surface area contributed by atoms with E-state index in [-0.39, 0.29) is 23.8 Å². The number of piperidine rings is 1. The second-order valence-corrected chi connectivity index (χ2v) is 7.63. The zero-order chi connectivity index (χ0) is 19.4. The number of carbonyl (C=O) groups excluding carboxylic acids is 2. The lowest BCUT2D eigenvalue weighted by molar-refractivity contribution is -0.132. The minimum atomic E-state index is -0.476. The Hall–Kier alpha value is -2.41. The van der Waals surface area contributed by atoms with Crippen LogP contribution in [0.25, 0.3) is 10.9 Å². The van der Waals surface area contributed by atoms with Crippen LogP contribution in [0.5, 0.6) is 0 Å². The average molecular weight is 371 g/mol. The fourth-order valence-corrected chi connectivity index (χ4v) is 3.47. The van der Waals surface area contributed by atoms with Crippen molar-refractivity contribution in [2.45, 2.75) is 51.7 Å². The molecule has 0 bridgehead atoms. The largest absolute Gasteiger partial charge is 0.352 e. The number of hydrogen-bond donors (Lipinski definition) is 2. The van der Waals surface area contributed by atoms with Gasteiger partial charge in [-0.1, -0.05) is 13.8 Å². The van der Waals surface area contributed by atoms with E-state index >= 15 is 0 Å². The van der Waals surface area contributed by atoms with Crippen LogP contribution in [0.15, 0.2) is 30.7 Å². The van der Waals surface area contributed by atoms with E-state index in [9.17, 15) is 9.59 Å². The number of likely N-dealkylation sites (tertiary alicyclic amines) is 1. The number of nitrogens with two attached hydrogens (primary N) is 1. The van der Waals surface area contributed by atoms with Crippen molar-refractivity contribution in [3.05, 3.63) is 30.7 Å². The maximum atomic E-state index is 12.5. The third-order valence-electron chi connectivity index (χ3n) is 5.36. The molecule has 3 rings (SSSR count). The predicted molar refractivity (Wildman–Crippen MR) is 105 cm³/mol. The molecule has 1 saturated heterocycles. The maximum Gasteiger partial charge on any atom is 0.237 e. The SMILES string of the molecule is CC(C)C(N)C(=O)NC1CCN(C(=O)CCn2ccc3ccncc32)CC1. The summed E-state index contributed by atoms with van der Waals surface area (Å²) < 4.78 is 2.07. The lowest BCUT2D eigenvalue weighted by Crippen LogP contribution is -2.51. The molecule has 1 aliphatic heterocycles. The minimum Gasteiger partial charge on any atom is -0.352 e. The molecule has 0 saturated carbocycles. The van der Waals surface area contributed by atoms with E-state index in [0.717, 1.165) is 23.7 Å². The van der Waals surface area contributed by atoms with Crippen molar-refractivity contribution >= 4 is 22.7 Å². The molecule has 1 fully saturated rings. The van der Waals surface area contributed by atoms with E-state index in [0.29, 0.717) is 26.1 Å². The third kappa shape index (κ3) is 4.66. The van der Waals surface area contributed by atoms with Gasteiger partial charge in [-0.2, -0.15) is 0 Å². The Morgan fingerprint density at radius 2 is 2.04 bits per heavy atom. The monoisotopic (exact) mass is 371 g/mol. The van der Waals surface area contributed by atoms with Gasteiger partial charge in [0.1, 0.15) is 0 Å². The summed E-state index contributed by atoms with van der Waals surface area (Å²) in [4.78, 5) is 30.7. The second kappa shape index (κ2) is 8.52. The van der Waals surface area contributed by atoms with Crippen LogP contribution < -0.4 is 11.1 Å². The van der Waals surface area contributed by atoms with Crippen LogP contribution in [0.4, 0.5) is 0 Å². The highest BCUT2D eigenvalue weighted by Gasteiger charge is 2.26. The molecule has 1 aliphatic rings. The summed E-state index contributed by atoms with van der Waals surface area (Å²) in [6, 6.07) is 3.64. The van der Waals surface area contributed by atoms with Crippen LogP contribution in [0, 0.1) is 5.92 Å². The van der Waals surface area contributed by atoms with Crippen molar-refractivity contribution in [3.63, 3.8) is 0 Å². The van der Waals surface area contributed by atoms with Crippen molar-refractivity contribution in [2.75, 3.05) is 13.1 Å². The molecule has 2 amide bonds.